The summed E-state index contributed by atoms with van der Waals surface area (Å²) in [5.74, 6) is -0.0250. The van der Waals surface area contributed by atoms with E-state index in [9.17, 15) is 9.59 Å². The molecule has 3 heteroatoms. The fourth-order valence-electron chi connectivity index (χ4n) is 2.94. The Kier molecular flexibility index (Phi) is 3.11. The average molecular weight is 235 g/mol. The lowest BCUT2D eigenvalue weighted by Gasteiger charge is -2.36. The van der Waals surface area contributed by atoms with Gasteiger partial charge in [-0.2, -0.15) is 0 Å². The van der Waals surface area contributed by atoms with E-state index in [0.717, 1.165) is 25.2 Å². The first-order chi connectivity index (χ1) is 7.91. The van der Waals surface area contributed by atoms with Gasteiger partial charge in [0.2, 0.25) is 0 Å². The van der Waals surface area contributed by atoms with Crippen molar-refractivity contribution in [1.29, 1.82) is 0 Å². The van der Waals surface area contributed by atoms with Crippen LogP contribution in [0.5, 0.6) is 0 Å². The maximum absolute atomic E-state index is 12.1. The van der Waals surface area contributed by atoms with Crippen LogP contribution < -0.4 is 0 Å². The van der Waals surface area contributed by atoms with E-state index in [4.69, 9.17) is 0 Å². The summed E-state index contributed by atoms with van der Waals surface area (Å²) in [7, 11) is 0. The van der Waals surface area contributed by atoms with Crippen molar-refractivity contribution in [3.05, 3.63) is 11.3 Å². The van der Waals surface area contributed by atoms with Crippen LogP contribution in [0.1, 0.15) is 46.5 Å². The Hall–Kier alpha value is -1.12. The van der Waals surface area contributed by atoms with Crippen LogP contribution in [0, 0.1) is 5.41 Å². The van der Waals surface area contributed by atoms with Crippen molar-refractivity contribution in [2.45, 2.75) is 46.5 Å². The van der Waals surface area contributed by atoms with Crippen molar-refractivity contribution >= 4 is 11.6 Å². The molecule has 0 bridgehead atoms. The predicted octanol–water partition coefficient (Wildman–Crippen LogP) is 2.31. The molecule has 0 N–H and O–H groups in total. The molecule has 0 saturated carbocycles. The Morgan fingerprint density at radius 3 is 2.29 bits per heavy atom. The summed E-state index contributed by atoms with van der Waals surface area (Å²) in [6.45, 7) is 7.72. The van der Waals surface area contributed by atoms with Gasteiger partial charge < -0.3 is 4.90 Å². The number of carbonyl (C=O) groups is 2. The van der Waals surface area contributed by atoms with E-state index in [1.54, 1.807) is 0 Å². The highest BCUT2D eigenvalue weighted by Gasteiger charge is 2.37. The molecule has 0 aromatic heterocycles. The average Bonchev–Trinajstić information content (AvgIpc) is 2.65. The molecule has 17 heavy (non-hydrogen) atoms. The normalized spacial score (nSPS) is 24.4. The molecule has 0 radical (unpaired) electrons. The van der Waals surface area contributed by atoms with E-state index >= 15 is 0 Å². The van der Waals surface area contributed by atoms with Crippen LogP contribution in [0.4, 0.5) is 0 Å². The summed E-state index contributed by atoms with van der Waals surface area (Å²) in [4.78, 5) is 26.0. The van der Waals surface area contributed by atoms with Crippen LogP contribution in [0.25, 0.3) is 0 Å². The molecule has 0 aromatic rings. The Bertz CT molecular complexity index is 387. The Morgan fingerprint density at radius 1 is 1.18 bits per heavy atom. The van der Waals surface area contributed by atoms with Gasteiger partial charge in [-0.25, -0.2) is 0 Å². The van der Waals surface area contributed by atoms with E-state index < -0.39 is 0 Å². The Morgan fingerprint density at radius 2 is 1.76 bits per heavy atom. The molecule has 1 saturated heterocycles. The molecule has 1 aliphatic heterocycles. The van der Waals surface area contributed by atoms with E-state index in [-0.39, 0.29) is 17.0 Å². The van der Waals surface area contributed by atoms with Gasteiger partial charge in [0.05, 0.1) is 5.57 Å². The highest BCUT2D eigenvalue weighted by molar-refractivity contribution is 6.20. The molecule has 1 aliphatic carbocycles. The number of allylic oxidation sites excluding steroid dienone is 2. The van der Waals surface area contributed by atoms with Crippen molar-refractivity contribution in [3.63, 3.8) is 0 Å². The maximum atomic E-state index is 12.1. The lowest BCUT2D eigenvalue weighted by Crippen LogP contribution is -2.35. The summed E-state index contributed by atoms with van der Waals surface area (Å²) in [6.07, 6.45) is 3.69. The third-order valence-electron chi connectivity index (χ3n) is 3.69. The van der Waals surface area contributed by atoms with Crippen molar-refractivity contribution in [3.8, 4) is 0 Å². The molecule has 1 heterocycles. The Balaban J connectivity index is 2.41. The summed E-state index contributed by atoms with van der Waals surface area (Å²) in [5, 5.41) is 0. The number of likely N-dealkylation sites (tertiary alicyclic amines) is 1. The number of nitrogens with zero attached hydrogens (tertiary/aromatic N) is 1. The van der Waals surface area contributed by atoms with Crippen LogP contribution in [0.2, 0.25) is 0 Å². The summed E-state index contributed by atoms with van der Waals surface area (Å²) < 4.78 is 0. The molecular weight excluding hydrogens is 214 g/mol. The minimum atomic E-state index is -0.0626. The second kappa shape index (κ2) is 4.28. The van der Waals surface area contributed by atoms with Crippen molar-refractivity contribution in [1.82, 2.24) is 4.90 Å². The zero-order valence-electron chi connectivity index (χ0n) is 11.0. The van der Waals surface area contributed by atoms with Gasteiger partial charge in [0.15, 0.2) is 11.6 Å². The SMILES string of the molecule is CC(=O)C1=C(N2CCCC2)CC(C)(C)CC1=O. The molecule has 0 atom stereocenters. The van der Waals surface area contributed by atoms with Gasteiger partial charge in [-0.1, -0.05) is 13.8 Å². The lowest BCUT2D eigenvalue weighted by molar-refractivity contribution is -0.122. The lowest BCUT2D eigenvalue weighted by atomic mass is 9.74. The molecule has 1 fully saturated rings. The largest absolute Gasteiger partial charge is 0.374 e. The minimum absolute atomic E-state index is 0.00600. The first kappa shape index (κ1) is 12.3. The predicted molar refractivity (Wildman–Crippen MR) is 66.5 cm³/mol. The van der Waals surface area contributed by atoms with Gasteiger partial charge >= 0.3 is 0 Å². The fourth-order valence-corrected chi connectivity index (χ4v) is 2.94. The molecule has 2 rings (SSSR count). The third kappa shape index (κ3) is 2.43. The second-order valence-corrected chi connectivity index (χ2v) is 6.01. The summed E-state index contributed by atoms with van der Waals surface area (Å²) in [6, 6.07) is 0. The first-order valence-corrected chi connectivity index (χ1v) is 6.43. The van der Waals surface area contributed by atoms with E-state index in [2.05, 4.69) is 18.7 Å². The summed E-state index contributed by atoms with van der Waals surface area (Å²) >= 11 is 0. The van der Waals surface area contributed by atoms with E-state index in [1.807, 2.05) is 0 Å². The quantitative estimate of drug-likeness (QED) is 0.689. The molecule has 0 amide bonds. The number of hydrogen-bond donors (Lipinski definition) is 0. The van der Waals surface area contributed by atoms with Crippen LogP contribution >= 0.6 is 0 Å². The highest BCUT2D eigenvalue weighted by atomic mass is 16.1. The maximum Gasteiger partial charge on any atom is 0.168 e. The number of ketones is 2. The highest BCUT2D eigenvalue weighted by Crippen LogP contribution is 2.39. The van der Waals surface area contributed by atoms with E-state index in [0.29, 0.717) is 12.0 Å². The second-order valence-electron chi connectivity index (χ2n) is 6.01. The summed E-state index contributed by atoms with van der Waals surface area (Å²) in [5.41, 5.74) is 1.48. The molecule has 94 valence electrons. The minimum Gasteiger partial charge on any atom is -0.374 e. The molecule has 3 nitrogen and oxygen atoms in total. The molecule has 0 unspecified atom stereocenters. The molecular formula is C14H21NO2. The van der Waals surface area contributed by atoms with Gasteiger partial charge in [-0.05, 0) is 31.6 Å². The number of carbonyl (C=O) groups excluding carboxylic acids is 2. The zero-order valence-corrected chi connectivity index (χ0v) is 11.0. The van der Waals surface area contributed by atoms with Crippen molar-refractivity contribution < 1.29 is 9.59 Å². The third-order valence-corrected chi connectivity index (χ3v) is 3.69. The van der Waals surface area contributed by atoms with Crippen molar-refractivity contribution in [2.75, 3.05) is 13.1 Å². The smallest absolute Gasteiger partial charge is 0.168 e. The molecule has 2 aliphatic rings. The number of Topliss-reactive ketones (excluding diaryl/α,β-unsaturated/α-hetero) is 2. The number of hydrogen-bond acceptors (Lipinski definition) is 3. The first-order valence-electron chi connectivity index (χ1n) is 6.43. The number of rotatable bonds is 2. The van der Waals surface area contributed by atoms with Gasteiger partial charge in [0.1, 0.15) is 0 Å². The van der Waals surface area contributed by atoms with Crippen LogP contribution in [0.15, 0.2) is 11.3 Å². The van der Waals surface area contributed by atoms with Gasteiger partial charge in [-0.15, -0.1) is 0 Å². The van der Waals surface area contributed by atoms with Gasteiger partial charge in [-0.3, -0.25) is 9.59 Å². The monoisotopic (exact) mass is 235 g/mol. The topological polar surface area (TPSA) is 37.4 Å². The standard InChI is InChI=1S/C14H21NO2/c1-10(16)13-11(15-6-4-5-7-15)8-14(2,3)9-12(13)17/h4-9H2,1-3H3. The zero-order chi connectivity index (χ0) is 12.6. The van der Waals surface area contributed by atoms with Gasteiger partial charge in [0, 0.05) is 25.2 Å². The molecule has 0 spiro atoms. The molecule has 0 aromatic carbocycles. The van der Waals surface area contributed by atoms with Gasteiger partial charge in [0.25, 0.3) is 0 Å². The van der Waals surface area contributed by atoms with Crippen LogP contribution in [-0.2, 0) is 9.59 Å². The van der Waals surface area contributed by atoms with Crippen LogP contribution in [0.3, 0.4) is 0 Å². The van der Waals surface area contributed by atoms with E-state index in [1.165, 1.54) is 19.8 Å². The Labute approximate surface area is 103 Å². The van der Waals surface area contributed by atoms with Crippen molar-refractivity contribution in [2.24, 2.45) is 5.41 Å². The fraction of sp³-hybridized carbons (Fsp3) is 0.714. The van der Waals surface area contributed by atoms with Crippen LogP contribution in [-0.4, -0.2) is 29.6 Å².